The van der Waals surface area contributed by atoms with Gasteiger partial charge in [-0.3, -0.25) is 9.59 Å². The molecule has 0 saturated carbocycles. The van der Waals surface area contributed by atoms with Gasteiger partial charge in [-0.2, -0.15) is 0 Å². The molecule has 34 heavy (non-hydrogen) atoms. The molecule has 5 nitrogen and oxygen atoms in total. The van der Waals surface area contributed by atoms with Crippen molar-refractivity contribution >= 4 is 28.4 Å². The number of rotatable bonds is 5. The molecule has 4 aromatic rings. The van der Waals surface area contributed by atoms with E-state index in [-0.39, 0.29) is 11.3 Å². The quantitative estimate of drug-likeness (QED) is 0.241. The molecule has 1 aromatic heterocycles. The van der Waals surface area contributed by atoms with E-state index < -0.39 is 17.7 Å². The fourth-order valence-electron chi connectivity index (χ4n) is 4.65. The van der Waals surface area contributed by atoms with Gasteiger partial charge in [0.2, 0.25) is 0 Å². The summed E-state index contributed by atoms with van der Waals surface area (Å²) in [6, 6.07) is 22.4. The van der Waals surface area contributed by atoms with E-state index in [0.717, 1.165) is 33.2 Å². The molecule has 0 bridgehead atoms. The highest BCUT2D eigenvalue weighted by molar-refractivity contribution is 6.46. The van der Waals surface area contributed by atoms with Gasteiger partial charge in [0.1, 0.15) is 5.76 Å². The number of nitrogens with one attached hydrogen (secondary N) is 1. The van der Waals surface area contributed by atoms with Crippen LogP contribution in [0.2, 0.25) is 0 Å². The predicted molar refractivity (Wildman–Crippen MR) is 133 cm³/mol. The number of para-hydroxylation sites is 1. The van der Waals surface area contributed by atoms with Gasteiger partial charge < -0.3 is 15.0 Å². The highest BCUT2D eigenvalue weighted by atomic mass is 16.3. The number of likely N-dealkylation sites (tertiary alicyclic amines) is 1. The van der Waals surface area contributed by atoms with Crippen LogP contribution >= 0.6 is 0 Å². The molecule has 5 rings (SSSR count). The number of aromatic nitrogens is 1. The lowest BCUT2D eigenvalue weighted by Gasteiger charge is -2.25. The van der Waals surface area contributed by atoms with Gasteiger partial charge in [0, 0.05) is 29.2 Å². The molecule has 1 atom stereocenters. The van der Waals surface area contributed by atoms with Gasteiger partial charge in [-0.25, -0.2) is 0 Å². The van der Waals surface area contributed by atoms with Crippen molar-refractivity contribution in [1.29, 1.82) is 0 Å². The number of aromatic amines is 1. The Balaban J connectivity index is 1.56. The van der Waals surface area contributed by atoms with Crippen LogP contribution in [0.15, 0.2) is 84.6 Å². The minimum atomic E-state index is -0.650. The number of aryl methyl sites for hydroxylation is 2. The maximum absolute atomic E-state index is 13.2. The fourth-order valence-corrected chi connectivity index (χ4v) is 4.65. The van der Waals surface area contributed by atoms with Crippen LogP contribution in [0.3, 0.4) is 0 Å². The van der Waals surface area contributed by atoms with Gasteiger partial charge in [0.15, 0.2) is 0 Å². The molecule has 2 N–H and O–H groups in total. The SMILES string of the molecule is Cc1ccc(/C(O)=C2/C(=O)C(=O)N(CCc3c[nH]c4ccccc34)C2c2ccc(C)cc2)cc1. The summed E-state index contributed by atoms with van der Waals surface area (Å²) < 4.78 is 0. The molecule has 0 spiro atoms. The first-order chi connectivity index (χ1) is 16.4. The first-order valence-electron chi connectivity index (χ1n) is 11.4. The minimum absolute atomic E-state index is 0.136. The zero-order chi connectivity index (χ0) is 23.8. The van der Waals surface area contributed by atoms with Crippen molar-refractivity contribution in [3.8, 4) is 0 Å². The van der Waals surface area contributed by atoms with Crippen molar-refractivity contribution in [3.05, 3.63) is 112 Å². The van der Waals surface area contributed by atoms with E-state index in [1.54, 1.807) is 17.0 Å². The zero-order valence-corrected chi connectivity index (χ0v) is 19.2. The molecule has 3 aromatic carbocycles. The van der Waals surface area contributed by atoms with Gasteiger partial charge in [0.25, 0.3) is 11.7 Å². The molecule has 0 aliphatic carbocycles. The Morgan fingerprint density at radius 1 is 0.912 bits per heavy atom. The molecule has 5 heteroatoms. The second-order valence-corrected chi connectivity index (χ2v) is 8.88. The molecule has 170 valence electrons. The number of H-pyrrole nitrogens is 1. The molecule has 0 radical (unpaired) electrons. The van der Waals surface area contributed by atoms with Gasteiger partial charge in [0.05, 0.1) is 11.6 Å². The predicted octanol–water partition coefficient (Wildman–Crippen LogP) is 5.45. The summed E-state index contributed by atoms with van der Waals surface area (Å²) in [5.41, 5.74) is 5.71. The summed E-state index contributed by atoms with van der Waals surface area (Å²) in [6.45, 7) is 4.31. The summed E-state index contributed by atoms with van der Waals surface area (Å²) in [4.78, 5) is 31.3. The van der Waals surface area contributed by atoms with E-state index in [0.29, 0.717) is 18.5 Å². The first kappa shape index (κ1) is 21.7. The van der Waals surface area contributed by atoms with Crippen molar-refractivity contribution in [2.75, 3.05) is 6.54 Å². The monoisotopic (exact) mass is 450 g/mol. The van der Waals surface area contributed by atoms with E-state index in [1.807, 2.05) is 80.7 Å². The third kappa shape index (κ3) is 3.79. The Labute approximate surface area is 198 Å². The van der Waals surface area contributed by atoms with Crippen LogP contribution in [-0.4, -0.2) is 33.2 Å². The highest BCUT2D eigenvalue weighted by Crippen LogP contribution is 2.39. The second kappa shape index (κ2) is 8.67. The standard InChI is InChI=1S/C29H26N2O3/c1-18-7-11-20(12-8-18)26-25(27(32)21-13-9-19(2)10-14-21)28(33)29(34)31(26)16-15-22-17-30-24-6-4-3-5-23(22)24/h3-14,17,26,30,32H,15-16H2,1-2H3/b27-25-. The number of fused-ring (bicyclic) bond motifs is 1. The molecule has 1 aliphatic heterocycles. The zero-order valence-electron chi connectivity index (χ0n) is 19.2. The Bertz CT molecular complexity index is 1410. The van der Waals surface area contributed by atoms with Crippen LogP contribution in [0, 0.1) is 13.8 Å². The molecule has 1 fully saturated rings. The third-order valence-corrected chi connectivity index (χ3v) is 6.56. The first-order valence-corrected chi connectivity index (χ1v) is 11.4. The van der Waals surface area contributed by atoms with E-state index in [2.05, 4.69) is 4.98 Å². The van der Waals surface area contributed by atoms with Crippen LogP contribution in [0.4, 0.5) is 0 Å². The number of hydrogen-bond donors (Lipinski definition) is 2. The normalized spacial score (nSPS) is 17.6. The summed E-state index contributed by atoms with van der Waals surface area (Å²) in [5, 5.41) is 12.3. The average molecular weight is 451 g/mol. The topological polar surface area (TPSA) is 73.4 Å². The number of aliphatic hydroxyl groups excluding tert-OH is 1. The third-order valence-electron chi connectivity index (χ3n) is 6.56. The maximum atomic E-state index is 13.2. The lowest BCUT2D eigenvalue weighted by molar-refractivity contribution is -0.139. The smallest absolute Gasteiger partial charge is 0.295 e. The molecule has 1 saturated heterocycles. The number of hydrogen-bond acceptors (Lipinski definition) is 3. The summed E-state index contributed by atoms with van der Waals surface area (Å²) >= 11 is 0. The van der Waals surface area contributed by atoms with E-state index in [9.17, 15) is 14.7 Å². The van der Waals surface area contributed by atoms with Crippen molar-refractivity contribution < 1.29 is 14.7 Å². The number of ketones is 1. The molecule has 2 heterocycles. The number of nitrogens with zero attached hydrogens (tertiary/aromatic N) is 1. The fraction of sp³-hybridized carbons (Fsp3) is 0.172. The van der Waals surface area contributed by atoms with Gasteiger partial charge in [-0.15, -0.1) is 0 Å². The number of aliphatic hydroxyl groups is 1. The lowest BCUT2D eigenvalue weighted by atomic mass is 9.94. The van der Waals surface area contributed by atoms with E-state index >= 15 is 0 Å². The largest absolute Gasteiger partial charge is 0.507 e. The van der Waals surface area contributed by atoms with Crippen LogP contribution < -0.4 is 0 Å². The van der Waals surface area contributed by atoms with Crippen LogP contribution in [-0.2, 0) is 16.0 Å². The van der Waals surface area contributed by atoms with Gasteiger partial charge in [-0.1, -0.05) is 77.9 Å². The molecular weight excluding hydrogens is 424 g/mol. The van der Waals surface area contributed by atoms with Crippen LogP contribution in [0.1, 0.15) is 33.9 Å². The summed E-state index contributed by atoms with van der Waals surface area (Å²) in [7, 11) is 0. The van der Waals surface area contributed by atoms with Crippen molar-refractivity contribution in [3.63, 3.8) is 0 Å². The van der Waals surface area contributed by atoms with Crippen LogP contribution in [0.25, 0.3) is 16.7 Å². The number of carbonyl (C=O) groups is 2. The molecule has 1 unspecified atom stereocenters. The number of carbonyl (C=O) groups excluding carboxylic acids is 2. The minimum Gasteiger partial charge on any atom is -0.507 e. The molecular formula is C29H26N2O3. The average Bonchev–Trinajstić information content (AvgIpc) is 3.37. The number of Topliss-reactive ketones (excluding diaryl/α,β-unsaturated/α-hetero) is 1. The van der Waals surface area contributed by atoms with Gasteiger partial charge >= 0.3 is 0 Å². The molecule has 1 amide bonds. The van der Waals surface area contributed by atoms with Gasteiger partial charge in [-0.05, 0) is 37.5 Å². The Kier molecular flexibility index (Phi) is 5.54. The van der Waals surface area contributed by atoms with E-state index in [1.165, 1.54) is 0 Å². The maximum Gasteiger partial charge on any atom is 0.295 e. The summed E-state index contributed by atoms with van der Waals surface area (Å²) in [5.74, 6) is -1.37. The number of benzene rings is 3. The Morgan fingerprint density at radius 2 is 1.56 bits per heavy atom. The summed E-state index contributed by atoms with van der Waals surface area (Å²) in [6.07, 6.45) is 2.54. The molecule has 1 aliphatic rings. The van der Waals surface area contributed by atoms with Crippen molar-refractivity contribution in [2.45, 2.75) is 26.3 Å². The second-order valence-electron chi connectivity index (χ2n) is 8.88. The van der Waals surface area contributed by atoms with E-state index in [4.69, 9.17) is 0 Å². The van der Waals surface area contributed by atoms with Crippen molar-refractivity contribution in [2.24, 2.45) is 0 Å². The highest BCUT2D eigenvalue weighted by Gasteiger charge is 2.45. The van der Waals surface area contributed by atoms with Crippen molar-refractivity contribution in [1.82, 2.24) is 9.88 Å². The Morgan fingerprint density at radius 3 is 2.26 bits per heavy atom. The number of amides is 1. The van der Waals surface area contributed by atoms with Crippen LogP contribution in [0.5, 0.6) is 0 Å². The lowest BCUT2D eigenvalue weighted by Crippen LogP contribution is -2.31. The Hall–Kier alpha value is -4.12.